The second kappa shape index (κ2) is 4.05. The molecule has 0 amide bonds. The van der Waals surface area contributed by atoms with E-state index in [9.17, 15) is 4.79 Å². The van der Waals surface area contributed by atoms with Gasteiger partial charge in [0, 0.05) is 5.92 Å². The normalized spacial score (nSPS) is 14.9. The molecule has 0 radical (unpaired) electrons. The Morgan fingerprint density at radius 2 is 1.92 bits per heavy atom. The maximum absolute atomic E-state index is 10.4. The molecule has 0 spiro atoms. The Bertz CT molecular complexity index is 281. The van der Waals surface area contributed by atoms with Gasteiger partial charge in [0.15, 0.2) is 0 Å². The van der Waals surface area contributed by atoms with Gasteiger partial charge in [-0.15, -0.1) is 0 Å². The number of phenolic OH excluding ortho intramolecular Hbond substituents is 1. The summed E-state index contributed by atoms with van der Waals surface area (Å²) in [5.41, 5.74) is 6.51. The van der Waals surface area contributed by atoms with E-state index in [1.807, 2.05) is 6.92 Å². The molecule has 3 nitrogen and oxygen atoms in total. The van der Waals surface area contributed by atoms with Crippen LogP contribution in [-0.4, -0.2) is 17.4 Å². The molecule has 0 saturated carbocycles. The molecule has 1 rings (SSSR count). The van der Waals surface area contributed by atoms with Crippen molar-refractivity contribution in [3.8, 4) is 5.75 Å². The number of aromatic hydroxyl groups is 1. The number of rotatable bonds is 3. The predicted molar refractivity (Wildman–Crippen MR) is 50.6 cm³/mol. The van der Waals surface area contributed by atoms with Crippen LogP contribution in [0.1, 0.15) is 18.4 Å². The van der Waals surface area contributed by atoms with Crippen LogP contribution in [0.3, 0.4) is 0 Å². The summed E-state index contributed by atoms with van der Waals surface area (Å²) in [6, 6.07) is 6.23. The molecule has 0 aliphatic carbocycles. The fourth-order valence-corrected chi connectivity index (χ4v) is 1.12. The number of nitrogens with two attached hydrogens (primary N) is 1. The van der Waals surface area contributed by atoms with Crippen LogP contribution in [0, 0.1) is 0 Å². The average molecular weight is 179 g/mol. The van der Waals surface area contributed by atoms with Gasteiger partial charge in [-0.1, -0.05) is 19.1 Å². The van der Waals surface area contributed by atoms with Gasteiger partial charge in [-0.05, 0) is 17.7 Å². The Balaban J connectivity index is 2.82. The van der Waals surface area contributed by atoms with Gasteiger partial charge in [0.25, 0.3) is 0 Å². The first kappa shape index (κ1) is 9.74. The number of carbonyl (C=O) groups is 1. The Morgan fingerprint density at radius 3 is 2.38 bits per heavy atom. The van der Waals surface area contributed by atoms with Gasteiger partial charge in [0.05, 0.1) is 6.04 Å². The summed E-state index contributed by atoms with van der Waals surface area (Å²) in [7, 11) is 0. The number of benzene rings is 1. The SMILES string of the molecule is CC(c1ccc(O)cc1)C(N)C=O. The first-order chi connectivity index (χ1) is 6.15. The molecule has 0 heterocycles. The zero-order valence-electron chi connectivity index (χ0n) is 7.47. The third kappa shape index (κ3) is 2.29. The van der Waals surface area contributed by atoms with E-state index in [2.05, 4.69) is 0 Å². The molecular formula is C10H13NO2. The van der Waals surface area contributed by atoms with Crippen molar-refractivity contribution < 1.29 is 9.90 Å². The summed E-state index contributed by atoms with van der Waals surface area (Å²) >= 11 is 0. The lowest BCUT2D eigenvalue weighted by molar-refractivity contribution is -0.109. The summed E-state index contributed by atoms with van der Waals surface area (Å²) in [5.74, 6) is 0.203. The van der Waals surface area contributed by atoms with E-state index < -0.39 is 6.04 Å². The van der Waals surface area contributed by atoms with Crippen molar-refractivity contribution in [1.29, 1.82) is 0 Å². The van der Waals surface area contributed by atoms with Crippen LogP contribution in [0.5, 0.6) is 5.75 Å². The van der Waals surface area contributed by atoms with Crippen molar-refractivity contribution in [2.75, 3.05) is 0 Å². The maximum atomic E-state index is 10.4. The van der Waals surface area contributed by atoms with Crippen LogP contribution in [-0.2, 0) is 4.79 Å². The molecule has 13 heavy (non-hydrogen) atoms. The van der Waals surface area contributed by atoms with Crippen molar-refractivity contribution in [3.05, 3.63) is 29.8 Å². The molecule has 70 valence electrons. The third-order valence-corrected chi connectivity index (χ3v) is 2.15. The number of hydrogen-bond donors (Lipinski definition) is 2. The van der Waals surface area contributed by atoms with Gasteiger partial charge < -0.3 is 15.6 Å². The van der Waals surface area contributed by atoms with Gasteiger partial charge in [-0.3, -0.25) is 0 Å². The van der Waals surface area contributed by atoms with E-state index >= 15 is 0 Å². The minimum atomic E-state index is -0.482. The third-order valence-electron chi connectivity index (χ3n) is 2.15. The molecule has 0 bridgehead atoms. The van der Waals surface area contributed by atoms with Gasteiger partial charge in [-0.25, -0.2) is 0 Å². The van der Waals surface area contributed by atoms with Gasteiger partial charge in [0.1, 0.15) is 12.0 Å². The van der Waals surface area contributed by atoms with Gasteiger partial charge >= 0.3 is 0 Å². The van der Waals surface area contributed by atoms with Crippen LogP contribution < -0.4 is 5.73 Å². The molecule has 0 saturated heterocycles. The fraction of sp³-hybridized carbons (Fsp3) is 0.300. The van der Waals surface area contributed by atoms with E-state index in [4.69, 9.17) is 10.8 Å². The second-order valence-corrected chi connectivity index (χ2v) is 3.09. The lowest BCUT2D eigenvalue weighted by Gasteiger charge is -2.14. The van der Waals surface area contributed by atoms with E-state index in [-0.39, 0.29) is 11.7 Å². The smallest absolute Gasteiger partial charge is 0.137 e. The molecule has 0 aliphatic rings. The highest BCUT2D eigenvalue weighted by Gasteiger charge is 2.13. The van der Waals surface area contributed by atoms with Gasteiger partial charge in [-0.2, -0.15) is 0 Å². The number of phenols is 1. The number of hydrogen-bond acceptors (Lipinski definition) is 3. The van der Waals surface area contributed by atoms with Crippen LogP contribution in [0.25, 0.3) is 0 Å². The number of carbonyl (C=O) groups excluding carboxylic acids is 1. The molecule has 1 aromatic rings. The van der Waals surface area contributed by atoms with E-state index in [0.717, 1.165) is 11.8 Å². The number of aldehydes is 1. The predicted octanol–water partition coefficient (Wildman–Crippen LogP) is 1.02. The van der Waals surface area contributed by atoms with Gasteiger partial charge in [0.2, 0.25) is 0 Å². The lowest BCUT2D eigenvalue weighted by Crippen LogP contribution is -2.27. The molecule has 3 N–H and O–H groups in total. The van der Waals surface area contributed by atoms with Crippen molar-refractivity contribution in [2.45, 2.75) is 18.9 Å². The lowest BCUT2D eigenvalue weighted by atomic mass is 9.95. The molecule has 0 aliphatic heterocycles. The quantitative estimate of drug-likeness (QED) is 0.681. The second-order valence-electron chi connectivity index (χ2n) is 3.09. The molecule has 0 fully saturated rings. The van der Waals surface area contributed by atoms with Crippen LogP contribution in [0.2, 0.25) is 0 Å². The average Bonchev–Trinajstić information content (AvgIpc) is 2.17. The highest BCUT2D eigenvalue weighted by atomic mass is 16.3. The van der Waals surface area contributed by atoms with Crippen molar-refractivity contribution in [2.24, 2.45) is 5.73 Å². The first-order valence-electron chi connectivity index (χ1n) is 4.15. The van der Waals surface area contributed by atoms with Crippen molar-refractivity contribution in [1.82, 2.24) is 0 Å². The van der Waals surface area contributed by atoms with E-state index in [1.165, 1.54) is 0 Å². The van der Waals surface area contributed by atoms with Crippen LogP contribution >= 0.6 is 0 Å². The standard InChI is InChI=1S/C10H13NO2/c1-7(10(11)6-12)8-2-4-9(13)5-3-8/h2-7,10,13H,11H2,1H3. The highest BCUT2D eigenvalue weighted by Crippen LogP contribution is 2.19. The summed E-state index contributed by atoms with van der Waals surface area (Å²) in [5, 5.41) is 9.03. The highest BCUT2D eigenvalue weighted by molar-refractivity contribution is 5.59. The monoisotopic (exact) mass is 179 g/mol. The maximum Gasteiger partial charge on any atom is 0.137 e. The topological polar surface area (TPSA) is 63.3 Å². The van der Waals surface area contributed by atoms with Crippen LogP contribution in [0.15, 0.2) is 24.3 Å². The molecular weight excluding hydrogens is 166 g/mol. The summed E-state index contributed by atoms with van der Waals surface area (Å²) in [6.07, 6.45) is 0.734. The minimum Gasteiger partial charge on any atom is -0.508 e. The first-order valence-corrected chi connectivity index (χ1v) is 4.15. The van der Waals surface area contributed by atoms with Crippen molar-refractivity contribution in [3.63, 3.8) is 0 Å². The summed E-state index contributed by atoms with van der Waals surface area (Å²) < 4.78 is 0. The fourth-order valence-electron chi connectivity index (χ4n) is 1.12. The minimum absolute atomic E-state index is 0.0156. The Morgan fingerprint density at radius 1 is 1.38 bits per heavy atom. The van der Waals surface area contributed by atoms with E-state index in [1.54, 1.807) is 24.3 Å². The largest absolute Gasteiger partial charge is 0.508 e. The van der Waals surface area contributed by atoms with Crippen LogP contribution in [0.4, 0.5) is 0 Å². The Labute approximate surface area is 77.2 Å². The zero-order valence-corrected chi connectivity index (χ0v) is 7.47. The Kier molecular flexibility index (Phi) is 3.03. The summed E-state index contributed by atoms with van der Waals surface area (Å²) in [6.45, 7) is 1.88. The Hall–Kier alpha value is -1.35. The van der Waals surface area contributed by atoms with E-state index in [0.29, 0.717) is 0 Å². The molecule has 2 unspecified atom stereocenters. The molecule has 1 aromatic carbocycles. The van der Waals surface area contributed by atoms with Crippen molar-refractivity contribution >= 4 is 6.29 Å². The zero-order chi connectivity index (χ0) is 9.84. The summed E-state index contributed by atoms with van der Waals surface area (Å²) in [4.78, 5) is 10.4. The molecule has 2 atom stereocenters. The molecule has 0 aromatic heterocycles. The molecule has 3 heteroatoms.